The van der Waals surface area contributed by atoms with Gasteiger partial charge in [-0.2, -0.15) is 13.2 Å². The van der Waals surface area contributed by atoms with Gasteiger partial charge in [-0.25, -0.2) is 4.98 Å². The first kappa shape index (κ1) is 14.8. The molecule has 0 aliphatic rings. The van der Waals surface area contributed by atoms with E-state index in [9.17, 15) is 13.2 Å². The molecule has 2 N–H and O–H groups in total. The maximum atomic E-state index is 12.6. The molecule has 0 atom stereocenters. The van der Waals surface area contributed by atoms with Gasteiger partial charge >= 0.3 is 6.18 Å². The van der Waals surface area contributed by atoms with Crippen LogP contribution in [0.1, 0.15) is 16.0 Å². The fourth-order valence-electron chi connectivity index (χ4n) is 1.88. The highest BCUT2D eigenvalue weighted by Gasteiger charge is 2.30. The van der Waals surface area contributed by atoms with Gasteiger partial charge in [-0.15, -0.1) is 11.3 Å². The van der Waals surface area contributed by atoms with Crippen molar-refractivity contribution in [1.82, 2.24) is 9.88 Å². The molecule has 0 aliphatic carbocycles. The second-order valence-corrected chi connectivity index (χ2v) is 5.68. The van der Waals surface area contributed by atoms with Crippen LogP contribution in [-0.4, -0.2) is 16.9 Å². The Bertz CT molecular complexity index is 580. The fraction of sp³-hybridized carbons (Fsp3) is 0.308. The average molecular weight is 301 g/mol. The van der Waals surface area contributed by atoms with Crippen LogP contribution in [0.5, 0.6) is 0 Å². The molecule has 0 aliphatic heterocycles. The van der Waals surface area contributed by atoms with Gasteiger partial charge < -0.3 is 5.73 Å². The molecule has 2 rings (SSSR count). The smallest absolute Gasteiger partial charge is 0.375 e. The Labute approximate surface area is 118 Å². The second-order valence-electron chi connectivity index (χ2n) is 4.54. The standard InChI is InChI=1S/C13H14F3N3S/c1-19(8-11-6-18-12(17)20-11)7-9-3-2-4-10(5-9)13(14,15)16/h2-6H,7-8H2,1H3,(H2,17,18). The largest absolute Gasteiger partial charge is 0.416 e. The highest BCUT2D eigenvalue weighted by molar-refractivity contribution is 7.15. The highest BCUT2D eigenvalue weighted by Crippen LogP contribution is 2.29. The van der Waals surface area contributed by atoms with Crippen LogP contribution in [0.15, 0.2) is 30.5 Å². The van der Waals surface area contributed by atoms with Crippen molar-refractivity contribution in [2.24, 2.45) is 0 Å². The van der Waals surface area contributed by atoms with Gasteiger partial charge in [0, 0.05) is 24.2 Å². The zero-order valence-corrected chi connectivity index (χ0v) is 11.6. The van der Waals surface area contributed by atoms with Gasteiger partial charge in [0.2, 0.25) is 0 Å². The summed E-state index contributed by atoms with van der Waals surface area (Å²) in [7, 11) is 1.84. The number of rotatable bonds is 4. The van der Waals surface area contributed by atoms with Crippen LogP contribution in [-0.2, 0) is 19.3 Å². The number of thiazole rings is 1. The van der Waals surface area contributed by atoms with E-state index in [0.29, 0.717) is 23.8 Å². The Morgan fingerprint density at radius 2 is 2.05 bits per heavy atom. The monoisotopic (exact) mass is 301 g/mol. The topological polar surface area (TPSA) is 42.2 Å². The summed E-state index contributed by atoms with van der Waals surface area (Å²) in [6.07, 6.45) is -2.62. The van der Waals surface area contributed by atoms with Crippen molar-refractivity contribution in [2.75, 3.05) is 12.8 Å². The Morgan fingerprint density at radius 3 is 2.65 bits per heavy atom. The number of hydrogen-bond acceptors (Lipinski definition) is 4. The van der Waals surface area contributed by atoms with Crippen LogP contribution in [0, 0.1) is 0 Å². The van der Waals surface area contributed by atoms with Gasteiger partial charge in [-0.05, 0) is 18.7 Å². The molecule has 0 spiro atoms. The molecule has 7 heteroatoms. The van der Waals surface area contributed by atoms with E-state index in [1.807, 2.05) is 11.9 Å². The summed E-state index contributed by atoms with van der Waals surface area (Å²) in [5, 5.41) is 0.493. The van der Waals surface area contributed by atoms with E-state index in [4.69, 9.17) is 5.73 Å². The van der Waals surface area contributed by atoms with Crippen molar-refractivity contribution >= 4 is 16.5 Å². The lowest BCUT2D eigenvalue weighted by Gasteiger charge is -2.16. The first-order valence-corrected chi connectivity index (χ1v) is 6.71. The van der Waals surface area contributed by atoms with E-state index < -0.39 is 11.7 Å². The quantitative estimate of drug-likeness (QED) is 0.941. The molecular weight excluding hydrogens is 287 g/mol. The predicted molar refractivity (Wildman–Crippen MR) is 73.1 cm³/mol. The third kappa shape index (κ3) is 3.94. The molecule has 1 aromatic heterocycles. The molecule has 0 radical (unpaired) electrons. The van der Waals surface area contributed by atoms with Crippen LogP contribution in [0.2, 0.25) is 0 Å². The van der Waals surface area contributed by atoms with Crippen molar-refractivity contribution in [1.29, 1.82) is 0 Å². The van der Waals surface area contributed by atoms with Gasteiger partial charge in [0.15, 0.2) is 5.13 Å². The SMILES string of the molecule is CN(Cc1cccc(C(F)(F)F)c1)Cc1cnc(N)s1. The van der Waals surface area contributed by atoms with Crippen LogP contribution < -0.4 is 5.73 Å². The molecule has 2 aromatic rings. The van der Waals surface area contributed by atoms with E-state index in [-0.39, 0.29) is 0 Å². The molecule has 108 valence electrons. The third-order valence-electron chi connectivity index (χ3n) is 2.70. The van der Waals surface area contributed by atoms with Crippen LogP contribution in [0.4, 0.5) is 18.3 Å². The van der Waals surface area contributed by atoms with Crippen molar-refractivity contribution in [2.45, 2.75) is 19.3 Å². The molecule has 1 heterocycles. The Kier molecular flexibility index (Phi) is 4.29. The number of aromatic nitrogens is 1. The number of nitrogens with two attached hydrogens (primary N) is 1. The fourth-order valence-corrected chi connectivity index (χ4v) is 2.64. The summed E-state index contributed by atoms with van der Waals surface area (Å²) >= 11 is 1.38. The maximum Gasteiger partial charge on any atom is 0.416 e. The molecule has 1 aromatic carbocycles. The normalized spacial score (nSPS) is 12.1. The number of halogens is 3. The van der Waals surface area contributed by atoms with E-state index >= 15 is 0 Å². The van der Waals surface area contributed by atoms with Gasteiger partial charge in [-0.3, -0.25) is 4.90 Å². The summed E-state index contributed by atoms with van der Waals surface area (Å²) < 4.78 is 37.9. The van der Waals surface area contributed by atoms with E-state index in [2.05, 4.69) is 4.98 Å². The lowest BCUT2D eigenvalue weighted by molar-refractivity contribution is -0.137. The molecule has 0 fully saturated rings. The zero-order chi connectivity index (χ0) is 14.8. The van der Waals surface area contributed by atoms with Crippen molar-refractivity contribution in [3.8, 4) is 0 Å². The maximum absolute atomic E-state index is 12.6. The molecule has 0 saturated heterocycles. The summed E-state index contributed by atoms with van der Waals surface area (Å²) in [6.45, 7) is 1.03. The summed E-state index contributed by atoms with van der Waals surface area (Å²) in [4.78, 5) is 6.85. The number of hydrogen-bond donors (Lipinski definition) is 1. The summed E-state index contributed by atoms with van der Waals surface area (Å²) in [5.41, 5.74) is 5.54. The van der Waals surface area contributed by atoms with Gasteiger partial charge in [-0.1, -0.05) is 18.2 Å². The summed E-state index contributed by atoms with van der Waals surface area (Å²) in [5.74, 6) is 0. The minimum atomic E-state index is -4.30. The van der Waals surface area contributed by atoms with Crippen LogP contribution in [0.25, 0.3) is 0 Å². The van der Waals surface area contributed by atoms with Crippen LogP contribution in [0.3, 0.4) is 0 Å². The average Bonchev–Trinajstić information content (AvgIpc) is 2.73. The molecule has 0 saturated carbocycles. The molecular formula is C13H14F3N3S. The minimum absolute atomic E-state index is 0.432. The van der Waals surface area contributed by atoms with Crippen molar-refractivity contribution in [3.63, 3.8) is 0 Å². The number of benzene rings is 1. The number of anilines is 1. The van der Waals surface area contributed by atoms with Crippen molar-refractivity contribution < 1.29 is 13.2 Å². The minimum Gasteiger partial charge on any atom is -0.375 e. The molecule has 3 nitrogen and oxygen atoms in total. The Balaban J connectivity index is 2.02. The molecule has 0 bridgehead atoms. The first-order chi connectivity index (χ1) is 9.34. The van der Waals surface area contributed by atoms with E-state index in [1.54, 1.807) is 12.3 Å². The lowest BCUT2D eigenvalue weighted by Crippen LogP contribution is -2.17. The molecule has 0 amide bonds. The second kappa shape index (κ2) is 5.80. The highest BCUT2D eigenvalue weighted by atomic mass is 32.1. The number of nitrogen functional groups attached to an aromatic ring is 1. The van der Waals surface area contributed by atoms with Gasteiger partial charge in [0.25, 0.3) is 0 Å². The lowest BCUT2D eigenvalue weighted by atomic mass is 10.1. The zero-order valence-electron chi connectivity index (χ0n) is 10.8. The van der Waals surface area contributed by atoms with Crippen LogP contribution >= 0.6 is 11.3 Å². The third-order valence-corrected chi connectivity index (χ3v) is 3.52. The number of nitrogens with zero attached hydrogens (tertiary/aromatic N) is 2. The predicted octanol–water partition coefficient (Wildman–Crippen LogP) is 3.38. The van der Waals surface area contributed by atoms with E-state index in [1.165, 1.54) is 23.5 Å². The summed E-state index contributed by atoms with van der Waals surface area (Å²) in [6, 6.07) is 5.37. The number of alkyl halides is 3. The van der Waals surface area contributed by atoms with Gasteiger partial charge in [0.1, 0.15) is 0 Å². The van der Waals surface area contributed by atoms with E-state index in [0.717, 1.165) is 10.9 Å². The Hall–Kier alpha value is -1.60. The Morgan fingerprint density at radius 1 is 1.30 bits per heavy atom. The van der Waals surface area contributed by atoms with Gasteiger partial charge in [0.05, 0.1) is 5.56 Å². The first-order valence-electron chi connectivity index (χ1n) is 5.89. The molecule has 0 unspecified atom stereocenters. The molecule has 20 heavy (non-hydrogen) atoms. The van der Waals surface area contributed by atoms with Crippen molar-refractivity contribution in [3.05, 3.63) is 46.5 Å².